The Morgan fingerprint density at radius 1 is 1.29 bits per heavy atom. The zero-order valence-corrected chi connectivity index (χ0v) is 11.3. The van der Waals surface area contributed by atoms with Crippen molar-refractivity contribution >= 4 is 16.5 Å². The Balaban J connectivity index is 2.24. The molecular weight excluding hydrogens is 268 g/mol. The molecule has 0 radical (unpaired) electrons. The molecule has 0 saturated heterocycles. The van der Waals surface area contributed by atoms with Gasteiger partial charge in [0, 0.05) is 24.3 Å². The number of nitrogens with zero attached hydrogens (tertiary/aromatic N) is 2. The van der Waals surface area contributed by atoms with Crippen molar-refractivity contribution in [2.75, 3.05) is 0 Å². The van der Waals surface area contributed by atoms with Crippen LogP contribution in [0.4, 0.5) is 5.69 Å². The first kappa shape index (κ1) is 10.9. The number of nitro groups is 1. The molecular formula is C16H12N2O3. The highest BCUT2D eigenvalue weighted by atomic mass is 16.6. The van der Waals surface area contributed by atoms with Crippen molar-refractivity contribution in [3.8, 4) is 22.8 Å². The molecule has 4 rings (SSSR count). The Kier molecular flexibility index (Phi) is 2.12. The highest BCUT2D eigenvalue weighted by molar-refractivity contribution is 6.07. The first-order valence-corrected chi connectivity index (χ1v) is 6.71. The number of hydrogen-bond donors (Lipinski definition) is 0. The average molecular weight is 281 g/mol. The van der Waals surface area contributed by atoms with Gasteiger partial charge in [-0.05, 0) is 25.1 Å². The maximum absolute atomic E-state index is 11.3. The second-order valence-corrected chi connectivity index (χ2v) is 4.89. The predicted octanol–water partition coefficient (Wildman–Crippen LogP) is 4.34. The first-order valence-electron chi connectivity index (χ1n) is 7.21. The van der Waals surface area contributed by atoms with Gasteiger partial charge in [-0.25, -0.2) is 0 Å². The molecule has 0 fully saturated rings. The van der Waals surface area contributed by atoms with Gasteiger partial charge in [-0.2, -0.15) is 0 Å². The third-order valence-electron chi connectivity index (χ3n) is 3.77. The van der Waals surface area contributed by atoms with Gasteiger partial charge in [-0.3, -0.25) is 10.1 Å². The quantitative estimate of drug-likeness (QED) is 0.405. The van der Waals surface area contributed by atoms with Gasteiger partial charge in [0.25, 0.3) is 5.69 Å². The smallest absolute Gasteiger partial charge is 0.279 e. The van der Waals surface area contributed by atoms with Gasteiger partial charge in [0.2, 0.25) is 0 Å². The molecule has 1 aliphatic rings. The molecule has 21 heavy (non-hydrogen) atoms. The van der Waals surface area contributed by atoms with E-state index in [1.165, 1.54) is 6.07 Å². The molecule has 0 amide bonds. The Morgan fingerprint density at radius 3 is 2.86 bits per heavy atom. The topological polar surface area (TPSA) is 57.3 Å². The number of non-ortho nitro benzene ring substituents is 1. The second-order valence-electron chi connectivity index (χ2n) is 4.89. The first-order chi connectivity index (χ1) is 10.6. The number of benzene rings is 2. The molecule has 3 aromatic rings. The Bertz CT molecular complexity index is 946. The fourth-order valence-electron chi connectivity index (χ4n) is 2.87. The van der Waals surface area contributed by atoms with Gasteiger partial charge in [-0.15, -0.1) is 0 Å². The van der Waals surface area contributed by atoms with Crippen LogP contribution in [0.2, 0.25) is 0 Å². The van der Waals surface area contributed by atoms with E-state index in [1.54, 1.807) is 10.6 Å². The van der Waals surface area contributed by atoms with Crippen molar-refractivity contribution in [1.82, 2.24) is 4.57 Å². The summed E-state index contributed by atoms with van der Waals surface area (Å²) in [5.41, 5.74) is 1.63. The van der Waals surface area contributed by atoms with Crippen LogP contribution >= 0.6 is 0 Å². The Morgan fingerprint density at radius 2 is 2.10 bits per heavy atom. The molecule has 104 valence electrons. The van der Waals surface area contributed by atoms with Crippen LogP contribution in [-0.4, -0.2) is 9.49 Å². The minimum atomic E-state index is -0.443. The van der Waals surface area contributed by atoms with Crippen molar-refractivity contribution in [1.29, 1.82) is 0 Å². The van der Waals surface area contributed by atoms with Crippen molar-refractivity contribution in [2.45, 2.75) is 13.5 Å². The van der Waals surface area contributed by atoms with Gasteiger partial charge < -0.3 is 9.30 Å². The monoisotopic (exact) mass is 281 g/mol. The van der Waals surface area contributed by atoms with Crippen LogP contribution in [0.1, 0.15) is 8.29 Å². The lowest BCUT2D eigenvalue weighted by atomic mass is 10.0. The molecule has 2 heterocycles. The standard InChI is InChI=1S/C16H12N2O3/c1-2-17-9-11-12(18(19)20)7-8-14-15(11)16(17)10-5-3-4-6-13(10)21-14/h3-9H,2H2,1H3/i9D. The van der Waals surface area contributed by atoms with E-state index in [0.717, 1.165) is 11.3 Å². The summed E-state index contributed by atoms with van der Waals surface area (Å²) in [5, 5.41) is 12.3. The number of nitro benzene ring substituents is 1. The fourth-order valence-corrected chi connectivity index (χ4v) is 2.87. The molecule has 5 nitrogen and oxygen atoms in total. The van der Waals surface area contributed by atoms with Crippen molar-refractivity contribution in [3.63, 3.8) is 0 Å². The lowest BCUT2D eigenvalue weighted by molar-refractivity contribution is -0.383. The van der Waals surface area contributed by atoms with E-state index in [0.29, 0.717) is 28.8 Å². The van der Waals surface area contributed by atoms with E-state index in [9.17, 15) is 10.1 Å². The largest absolute Gasteiger partial charge is 0.456 e. The fraction of sp³-hybridized carbons (Fsp3) is 0.125. The number of aromatic nitrogens is 1. The van der Waals surface area contributed by atoms with Gasteiger partial charge in [0.15, 0.2) is 0 Å². The molecule has 1 aromatic heterocycles. The lowest BCUT2D eigenvalue weighted by Crippen LogP contribution is -2.00. The summed E-state index contributed by atoms with van der Waals surface area (Å²) in [5.74, 6) is 1.27. The summed E-state index contributed by atoms with van der Waals surface area (Å²) in [6.07, 6.45) is 0.154. The molecule has 0 saturated carbocycles. The van der Waals surface area contributed by atoms with Crippen molar-refractivity contribution in [2.24, 2.45) is 0 Å². The van der Waals surface area contributed by atoms with Gasteiger partial charge in [0.1, 0.15) is 11.5 Å². The summed E-state index contributed by atoms with van der Waals surface area (Å²) >= 11 is 0. The summed E-state index contributed by atoms with van der Waals surface area (Å²) in [4.78, 5) is 10.9. The molecule has 0 bridgehead atoms. The molecule has 1 aliphatic heterocycles. The SMILES string of the molecule is [2H]c1c2c([N+](=O)[O-])ccc3c2c(n1CC)-c1ccccc1O3. The lowest BCUT2D eigenvalue weighted by Gasteiger charge is -2.19. The van der Waals surface area contributed by atoms with E-state index < -0.39 is 4.92 Å². The number of fused-ring (bicyclic) bond motifs is 2. The maximum atomic E-state index is 11.3. The molecule has 0 unspecified atom stereocenters. The van der Waals surface area contributed by atoms with Crippen LogP contribution in [0.3, 0.4) is 0 Å². The van der Waals surface area contributed by atoms with E-state index >= 15 is 0 Å². The molecule has 0 spiro atoms. The molecule has 5 heteroatoms. The van der Waals surface area contributed by atoms with Crippen LogP contribution < -0.4 is 4.74 Å². The zero-order chi connectivity index (χ0) is 15.4. The van der Waals surface area contributed by atoms with Gasteiger partial charge >= 0.3 is 0 Å². The summed E-state index contributed by atoms with van der Waals surface area (Å²) in [6, 6.07) is 10.6. The van der Waals surface area contributed by atoms with E-state index in [4.69, 9.17) is 6.11 Å². The van der Waals surface area contributed by atoms with E-state index in [2.05, 4.69) is 0 Å². The minimum absolute atomic E-state index is 0.0554. The van der Waals surface area contributed by atoms with Gasteiger partial charge in [0.05, 0.1) is 22.8 Å². The minimum Gasteiger partial charge on any atom is -0.456 e. The highest BCUT2D eigenvalue weighted by Crippen LogP contribution is 2.49. The summed E-state index contributed by atoms with van der Waals surface area (Å²) in [7, 11) is 0. The van der Waals surface area contributed by atoms with Crippen LogP contribution in [0.25, 0.3) is 22.0 Å². The van der Waals surface area contributed by atoms with Crippen LogP contribution in [0.15, 0.2) is 42.6 Å². The number of hydrogen-bond acceptors (Lipinski definition) is 3. The van der Waals surface area contributed by atoms with Crippen LogP contribution in [0.5, 0.6) is 11.5 Å². The van der Waals surface area contributed by atoms with E-state index in [1.807, 2.05) is 31.2 Å². The normalized spacial score (nSPS) is 12.7. The maximum Gasteiger partial charge on any atom is 0.279 e. The van der Waals surface area contributed by atoms with E-state index in [-0.39, 0.29) is 11.9 Å². The summed E-state index contributed by atoms with van der Waals surface area (Å²) < 4.78 is 16.0. The number of rotatable bonds is 2. The molecule has 2 aromatic carbocycles. The molecule has 0 atom stereocenters. The summed E-state index contributed by atoms with van der Waals surface area (Å²) in [6.45, 7) is 2.49. The van der Waals surface area contributed by atoms with Crippen LogP contribution in [-0.2, 0) is 6.54 Å². The Hall–Kier alpha value is -2.82. The Labute approximate surface area is 121 Å². The third kappa shape index (κ3) is 1.51. The van der Waals surface area contributed by atoms with Crippen molar-refractivity contribution < 1.29 is 11.0 Å². The number of ether oxygens (including phenoxy) is 1. The molecule has 0 N–H and O–H groups in total. The van der Waals surface area contributed by atoms with Crippen LogP contribution in [0, 0.1) is 10.1 Å². The zero-order valence-electron chi connectivity index (χ0n) is 12.3. The van der Waals surface area contributed by atoms with Crippen molar-refractivity contribution in [3.05, 3.63) is 52.7 Å². The predicted molar refractivity (Wildman–Crippen MR) is 79.8 cm³/mol. The van der Waals surface area contributed by atoms with Gasteiger partial charge in [-0.1, -0.05) is 12.1 Å². The third-order valence-corrected chi connectivity index (χ3v) is 3.77. The highest BCUT2D eigenvalue weighted by Gasteiger charge is 2.27. The number of para-hydroxylation sites is 1. The molecule has 0 aliphatic carbocycles. The average Bonchev–Trinajstić information content (AvgIpc) is 2.82. The second kappa shape index (κ2) is 4.09.